The fourth-order valence-corrected chi connectivity index (χ4v) is 5.62. The van der Waals surface area contributed by atoms with Gasteiger partial charge in [0, 0.05) is 24.7 Å². The van der Waals surface area contributed by atoms with Gasteiger partial charge in [-0.3, -0.25) is 14.8 Å². The predicted molar refractivity (Wildman–Crippen MR) is 117 cm³/mol. The van der Waals surface area contributed by atoms with Crippen LogP contribution in [0.5, 0.6) is 0 Å². The highest BCUT2D eigenvalue weighted by atomic mass is 32.1. The minimum atomic E-state index is -0.579. The summed E-state index contributed by atoms with van der Waals surface area (Å²) in [5.41, 5.74) is 2.04. The number of aromatic nitrogens is 1. The number of thiazole rings is 1. The molecule has 0 bridgehead atoms. The number of Topliss-reactive ketones (excluding diaryl/α,β-unsaturated/α-hetero) is 1. The number of aliphatic hydroxyl groups excluding tert-OH is 1. The van der Waals surface area contributed by atoms with Crippen molar-refractivity contribution in [3.05, 3.63) is 29.0 Å². The number of carbonyl (C=O) groups excluding carboxylic acids is 2. The molecule has 0 aliphatic heterocycles. The molecule has 0 saturated heterocycles. The number of rotatable bonds is 11. The number of nitrogens with one attached hydrogen (secondary N) is 1. The van der Waals surface area contributed by atoms with E-state index in [0.717, 1.165) is 41.8 Å². The SMILES string of the molecule is CC(CCC1C(=O)C[C@H](O)[C@@H]1CCCCCCC(=O)NO)c1nc2c(F)cccc2s1. The number of unbranched alkanes of at least 4 members (excludes halogenated alkanes) is 3. The third-order valence-corrected chi connectivity index (χ3v) is 7.62. The van der Waals surface area contributed by atoms with Crippen LogP contribution >= 0.6 is 11.3 Å². The second-order valence-corrected chi connectivity index (χ2v) is 9.68. The lowest BCUT2D eigenvalue weighted by Gasteiger charge is -2.22. The summed E-state index contributed by atoms with van der Waals surface area (Å²) >= 11 is 1.50. The van der Waals surface area contributed by atoms with Crippen molar-refractivity contribution in [2.45, 2.75) is 76.7 Å². The smallest absolute Gasteiger partial charge is 0.243 e. The first kappa shape index (κ1) is 23.8. The summed E-state index contributed by atoms with van der Waals surface area (Å²) in [5.74, 6) is -0.572. The number of amides is 1. The maximum absolute atomic E-state index is 13.9. The summed E-state index contributed by atoms with van der Waals surface area (Å²) < 4.78 is 14.8. The molecule has 1 amide bonds. The average Bonchev–Trinajstić information content (AvgIpc) is 3.30. The molecule has 170 valence electrons. The maximum Gasteiger partial charge on any atom is 0.243 e. The average molecular weight is 451 g/mol. The Morgan fingerprint density at radius 1 is 1.29 bits per heavy atom. The van der Waals surface area contributed by atoms with E-state index in [0.29, 0.717) is 24.8 Å². The summed E-state index contributed by atoms with van der Waals surface area (Å²) in [4.78, 5) is 28.0. The molecule has 2 aromatic rings. The van der Waals surface area contributed by atoms with Gasteiger partial charge in [-0.15, -0.1) is 11.3 Å². The molecule has 1 aliphatic rings. The van der Waals surface area contributed by atoms with Crippen molar-refractivity contribution in [3.8, 4) is 0 Å². The summed E-state index contributed by atoms with van der Waals surface area (Å²) in [7, 11) is 0. The molecular weight excluding hydrogens is 419 g/mol. The molecule has 8 heteroatoms. The van der Waals surface area contributed by atoms with Crippen LogP contribution in [0, 0.1) is 17.7 Å². The van der Waals surface area contributed by atoms with Crippen molar-refractivity contribution < 1.29 is 24.3 Å². The van der Waals surface area contributed by atoms with Gasteiger partial charge in [0.25, 0.3) is 0 Å². The monoisotopic (exact) mass is 450 g/mol. The second kappa shape index (κ2) is 11.1. The highest BCUT2D eigenvalue weighted by Crippen LogP contribution is 2.39. The first-order valence-electron chi connectivity index (χ1n) is 11.1. The Morgan fingerprint density at radius 2 is 2.06 bits per heavy atom. The van der Waals surface area contributed by atoms with E-state index in [9.17, 15) is 19.1 Å². The van der Waals surface area contributed by atoms with Gasteiger partial charge in [0.1, 0.15) is 17.1 Å². The molecule has 0 spiro atoms. The Balaban J connectivity index is 1.49. The number of aliphatic hydroxyl groups is 1. The lowest BCUT2D eigenvalue weighted by molar-refractivity contribution is -0.129. The molecule has 31 heavy (non-hydrogen) atoms. The van der Waals surface area contributed by atoms with E-state index >= 15 is 0 Å². The minimum absolute atomic E-state index is 0.0201. The van der Waals surface area contributed by atoms with Gasteiger partial charge in [-0.05, 0) is 43.7 Å². The number of para-hydroxylation sites is 1. The minimum Gasteiger partial charge on any atom is -0.392 e. The van der Waals surface area contributed by atoms with Crippen molar-refractivity contribution >= 4 is 33.2 Å². The zero-order valence-corrected chi connectivity index (χ0v) is 18.7. The van der Waals surface area contributed by atoms with Crippen LogP contribution in [0.25, 0.3) is 10.2 Å². The fourth-order valence-electron chi connectivity index (χ4n) is 4.56. The summed E-state index contributed by atoms with van der Waals surface area (Å²) in [6.45, 7) is 2.06. The third-order valence-electron chi connectivity index (χ3n) is 6.37. The van der Waals surface area contributed by atoms with Crippen molar-refractivity contribution in [3.63, 3.8) is 0 Å². The largest absolute Gasteiger partial charge is 0.392 e. The lowest BCUT2D eigenvalue weighted by Crippen LogP contribution is -2.21. The summed E-state index contributed by atoms with van der Waals surface area (Å²) in [6, 6.07) is 4.98. The van der Waals surface area contributed by atoms with Crippen LogP contribution in [0.4, 0.5) is 4.39 Å². The molecule has 2 unspecified atom stereocenters. The van der Waals surface area contributed by atoms with E-state index in [2.05, 4.69) is 11.9 Å². The second-order valence-electron chi connectivity index (χ2n) is 8.61. The van der Waals surface area contributed by atoms with Crippen LogP contribution < -0.4 is 5.48 Å². The molecule has 1 heterocycles. The molecule has 3 rings (SSSR count). The zero-order valence-electron chi connectivity index (χ0n) is 17.8. The Bertz CT molecular complexity index is 903. The van der Waals surface area contributed by atoms with Crippen molar-refractivity contribution in [2.24, 2.45) is 11.8 Å². The van der Waals surface area contributed by atoms with E-state index in [1.165, 1.54) is 17.4 Å². The number of halogens is 1. The van der Waals surface area contributed by atoms with Crippen LogP contribution in [0.3, 0.4) is 0 Å². The van der Waals surface area contributed by atoms with Crippen molar-refractivity contribution in [1.82, 2.24) is 10.5 Å². The maximum atomic E-state index is 13.9. The number of hydroxylamine groups is 1. The first-order chi connectivity index (χ1) is 14.9. The van der Waals surface area contributed by atoms with E-state index in [1.807, 2.05) is 6.07 Å². The molecule has 1 fully saturated rings. The molecule has 1 aliphatic carbocycles. The quantitative estimate of drug-likeness (QED) is 0.261. The van der Waals surface area contributed by atoms with Crippen molar-refractivity contribution in [1.29, 1.82) is 0 Å². The highest BCUT2D eigenvalue weighted by Gasteiger charge is 2.40. The van der Waals surface area contributed by atoms with E-state index < -0.39 is 6.10 Å². The normalized spacial score (nSPS) is 22.2. The van der Waals surface area contributed by atoms with Crippen LogP contribution in [0.2, 0.25) is 0 Å². The number of ketones is 1. The van der Waals surface area contributed by atoms with Gasteiger partial charge >= 0.3 is 0 Å². The van der Waals surface area contributed by atoms with Crippen LogP contribution in [0.15, 0.2) is 18.2 Å². The Kier molecular flexibility index (Phi) is 8.51. The molecule has 1 saturated carbocycles. The standard InChI is InChI=1S/C23H31FN2O4S/c1-14(23-25-22-17(24)8-6-9-20(22)31-23)11-12-16-15(18(27)13-19(16)28)7-4-2-3-5-10-21(29)26-30/h6,8-9,14-16,18,27,30H,2-5,7,10-13H2,1H3,(H,26,29)/t14?,15-,16?,18+/m1/s1. The van der Waals surface area contributed by atoms with E-state index in [4.69, 9.17) is 5.21 Å². The number of hydrogen-bond donors (Lipinski definition) is 3. The van der Waals surface area contributed by atoms with Crippen LogP contribution in [0.1, 0.15) is 75.6 Å². The molecule has 3 N–H and O–H groups in total. The topological polar surface area (TPSA) is 99.5 Å². The Hall–Kier alpha value is -1.90. The highest BCUT2D eigenvalue weighted by molar-refractivity contribution is 7.18. The summed E-state index contributed by atoms with van der Waals surface area (Å²) in [6.07, 6.45) is 5.64. The Morgan fingerprint density at radius 3 is 2.81 bits per heavy atom. The molecular formula is C23H31FN2O4S. The number of hydrogen-bond acceptors (Lipinski definition) is 6. The summed E-state index contributed by atoms with van der Waals surface area (Å²) in [5, 5.41) is 19.8. The molecule has 1 aromatic carbocycles. The van der Waals surface area contributed by atoms with Gasteiger partial charge in [-0.25, -0.2) is 14.9 Å². The van der Waals surface area contributed by atoms with Gasteiger partial charge in [0.15, 0.2) is 0 Å². The third kappa shape index (κ3) is 6.08. The Labute approximate surface area is 185 Å². The molecule has 1 aromatic heterocycles. The zero-order chi connectivity index (χ0) is 22.4. The number of benzene rings is 1. The van der Waals surface area contributed by atoms with Gasteiger partial charge < -0.3 is 5.11 Å². The number of nitrogens with zero attached hydrogens (tertiary/aromatic N) is 1. The lowest BCUT2D eigenvalue weighted by atomic mass is 9.84. The van der Waals surface area contributed by atoms with Gasteiger partial charge in [0.2, 0.25) is 5.91 Å². The van der Waals surface area contributed by atoms with Gasteiger partial charge in [-0.1, -0.05) is 32.3 Å². The first-order valence-corrected chi connectivity index (χ1v) is 11.9. The predicted octanol–water partition coefficient (Wildman–Crippen LogP) is 4.73. The van der Waals surface area contributed by atoms with Gasteiger partial charge in [-0.2, -0.15) is 0 Å². The molecule has 6 nitrogen and oxygen atoms in total. The van der Waals surface area contributed by atoms with Crippen LogP contribution in [-0.2, 0) is 9.59 Å². The fraction of sp³-hybridized carbons (Fsp3) is 0.609. The van der Waals surface area contributed by atoms with E-state index in [-0.39, 0.29) is 41.7 Å². The molecule has 4 atom stereocenters. The van der Waals surface area contributed by atoms with Gasteiger partial charge in [0.05, 0.1) is 15.8 Å². The van der Waals surface area contributed by atoms with Crippen molar-refractivity contribution in [2.75, 3.05) is 0 Å². The van der Waals surface area contributed by atoms with E-state index in [1.54, 1.807) is 11.5 Å². The number of fused-ring (bicyclic) bond motifs is 1. The molecule has 0 radical (unpaired) electrons. The number of carbonyl (C=O) groups is 2. The van der Waals surface area contributed by atoms with Crippen LogP contribution in [-0.4, -0.2) is 33.1 Å².